The topological polar surface area (TPSA) is 400 Å². The largest absolute Gasteiger partial charge is 0.394 e. The van der Waals surface area contributed by atoms with Crippen LogP contribution >= 0.6 is 0 Å². The average Bonchev–Trinajstić information content (AvgIpc) is 3.17. The lowest BCUT2D eigenvalue weighted by Gasteiger charge is -2.48. The van der Waals surface area contributed by atoms with Gasteiger partial charge in [-0.1, -0.05) is 6.08 Å². The van der Waals surface area contributed by atoms with Crippen LogP contribution in [0.15, 0.2) is 11.6 Å². The van der Waals surface area contributed by atoms with E-state index >= 15 is 0 Å². The predicted molar refractivity (Wildman–Crippen MR) is 170 cm³/mol. The summed E-state index contributed by atoms with van der Waals surface area (Å²) in [6.45, 7) is -1.81. The molecular weight excluding hydrogens is 754 g/mol. The van der Waals surface area contributed by atoms with Gasteiger partial charge in [-0.15, -0.1) is 0 Å². The fraction of sp³-hybridized carbons (Fsp3) is 0.935. The first-order valence-corrected chi connectivity index (χ1v) is 17.6. The van der Waals surface area contributed by atoms with Crippen molar-refractivity contribution in [3.8, 4) is 0 Å². The van der Waals surface area contributed by atoms with Crippen molar-refractivity contribution in [2.75, 3.05) is 26.4 Å². The highest BCUT2D eigenvalue weighted by Crippen LogP contribution is 2.34. The quantitative estimate of drug-likeness (QED) is 0.0814. The molecule has 4 fully saturated rings. The molecule has 24 nitrogen and oxygen atoms in total. The second-order valence-corrected chi connectivity index (χ2v) is 14.2. The molecule has 0 bridgehead atoms. The Labute approximate surface area is 312 Å². The standard InChI is InChI=1S/C31H53NO23/c1-7-13(16(39)22(45)29(49-7)54-26-11(5-35)50-28(48)21(44)19(26)42)32-9-2-8(3-33)25(18(41)14(9)37)53-31-24(47)20(43)27(12(6-36)52-31)55-30-23(46)17(40)15(38)10(4-34)51-30/h2,7,9-48H,3-6H2,1H3/t7-,9+,10-,11-,12-,13-,14+,15-,16+,17+,18-,19-,20-,21-,22-,23-,24-,25-,26-,27-,28+,29-,30-,31-/m1/s1. The highest BCUT2D eigenvalue weighted by atomic mass is 16.7. The Hall–Kier alpha value is -1.22. The first-order chi connectivity index (χ1) is 26.0. The summed E-state index contributed by atoms with van der Waals surface area (Å²) in [5.41, 5.74) is -0.0939. The molecular formula is C31H53NO23. The maximum Gasteiger partial charge on any atom is 0.187 e. The van der Waals surface area contributed by atoms with E-state index in [2.05, 4.69) is 5.32 Å². The van der Waals surface area contributed by atoms with E-state index in [-0.39, 0.29) is 5.57 Å². The summed E-state index contributed by atoms with van der Waals surface area (Å²) in [5.74, 6) is 0. The second kappa shape index (κ2) is 18.8. The van der Waals surface area contributed by atoms with Crippen LogP contribution in [0.25, 0.3) is 0 Å². The molecule has 4 saturated heterocycles. The molecule has 0 saturated carbocycles. The molecule has 0 spiro atoms. The highest BCUT2D eigenvalue weighted by Gasteiger charge is 2.54. The molecule has 17 N–H and O–H groups in total. The monoisotopic (exact) mass is 807 g/mol. The molecule has 1 aliphatic carbocycles. The normalized spacial score (nSPS) is 52.5. The Bertz CT molecular complexity index is 1250. The van der Waals surface area contributed by atoms with Crippen LogP contribution < -0.4 is 5.32 Å². The molecule has 0 aromatic heterocycles. The Morgan fingerprint density at radius 2 is 1.00 bits per heavy atom. The van der Waals surface area contributed by atoms with Crippen LogP contribution in [0.2, 0.25) is 0 Å². The molecule has 4 aliphatic heterocycles. The number of nitrogens with one attached hydrogen (secondary N) is 1. The van der Waals surface area contributed by atoms with Gasteiger partial charge < -0.3 is 120 Å². The lowest BCUT2D eigenvalue weighted by molar-refractivity contribution is -0.364. The van der Waals surface area contributed by atoms with Crippen LogP contribution in [0, 0.1) is 0 Å². The fourth-order valence-electron chi connectivity index (χ4n) is 7.29. The number of hydrogen-bond acceptors (Lipinski definition) is 24. The van der Waals surface area contributed by atoms with E-state index in [1.54, 1.807) is 0 Å². The highest BCUT2D eigenvalue weighted by molar-refractivity contribution is 5.23. The Morgan fingerprint density at radius 3 is 1.58 bits per heavy atom. The van der Waals surface area contributed by atoms with Crippen molar-refractivity contribution in [3.63, 3.8) is 0 Å². The molecule has 55 heavy (non-hydrogen) atoms. The molecule has 0 amide bonds. The van der Waals surface area contributed by atoms with Gasteiger partial charge in [0.15, 0.2) is 25.2 Å². The van der Waals surface area contributed by atoms with Crippen LogP contribution in [0.3, 0.4) is 0 Å². The summed E-state index contributed by atoms with van der Waals surface area (Å²) in [6, 6.07) is -2.46. The molecule has 5 aliphatic rings. The number of hydrogen-bond donors (Lipinski definition) is 17. The van der Waals surface area contributed by atoms with E-state index in [9.17, 15) is 81.7 Å². The third kappa shape index (κ3) is 9.03. The fourth-order valence-corrected chi connectivity index (χ4v) is 7.29. The first-order valence-electron chi connectivity index (χ1n) is 17.6. The lowest BCUT2D eigenvalue weighted by Crippen LogP contribution is -2.68. The zero-order valence-electron chi connectivity index (χ0n) is 29.3. The molecule has 0 aromatic rings. The molecule has 320 valence electrons. The van der Waals surface area contributed by atoms with Crippen molar-refractivity contribution >= 4 is 0 Å². The Balaban J connectivity index is 1.24. The van der Waals surface area contributed by atoms with E-state index in [4.69, 9.17) is 33.2 Å². The number of ether oxygens (including phenoxy) is 7. The third-order valence-corrected chi connectivity index (χ3v) is 10.6. The van der Waals surface area contributed by atoms with E-state index in [0.29, 0.717) is 0 Å². The molecule has 24 atom stereocenters. The van der Waals surface area contributed by atoms with Gasteiger partial charge in [-0.05, 0) is 12.5 Å². The third-order valence-electron chi connectivity index (χ3n) is 10.6. The summed E-state index contributed by atoms with van der Waals surface area (Å²) < 4.78 is 38.4. The zero-order valence-corrected chi connectivity index (χ0v) is 29.3. The van der Waals surface area contributed by atoms with Gasteiger partial charge in [-0.3, -0.25) is 0 Å². The Kier molecular flexibility index (Phi) is 15.3. The average molecular weight is 808 g/mol. The minimum atomic E-state index is -2.01. The van der Waals surface area contributed by atoms with Crippen molar-refractivity contribution in [3.05, 3.63) is 11.6 Å². The van der Waals surface area contributed by atoms with E-state index in [1.807, 2.05) is 0 Å². The molecule has 0 radical (unpaired) electrons. The Morgan fingerprint density at radius 1 is 0.509 bits per heavy atom. The first kappa shape index (κ1) is 44.9. The van der Waals surface area contributed by atoms with Gasteiger partial charge in [0.1, 0.15) is 104 Å². The van der Waals surface area contributed by atoms with Gasteiger partial charge in [-0.2, -0.15) is 0 Å². The van der Waals surface area contributed by atoms with Crippen LogP contribution in [-0.2, 0) is 33.2 Å². The van der Waals surface area contributed by atoms with E-state index < -0.39 is 174 Å². The second-order valence-electron chi connectivity index (χ2n) is 14.2. The summed E-state index contributed by atoms with van der Waals surface area (Å²) in [5, 5.41) is 169. The predicted octanol–water partition coefficient (Wildman–Crippen LogP) is -10.7. The van der Waals surface area contributed by atoms with Crippen LogP contribution in [-0.4, -0.2) is 255 Å². The molecule has 5 rings (SSSR count). The minimum absolute atomic E-state index is 0.0939. The molecule has 4 heterocycles. The summed E-state index contributed by atoms with van der Waals surface area (Å²) >= 11 is 0. The maximum atomic E-state index is 11.2. The van der Waals surface area contributed by atoms with E-state index in [0.717, 1.165) is 0 Å². The maximum absolute atomic E-state index is 11.2. The molecule has 0 aromatic carbocycles. The van der Waals surface area contributed by atoms with Crippen molar-refractivity contribution in [1.82, 2.24) is 5.32 Å². The number of rotatable bonds is 12. The SMILES string of the molecule is C[C@H]1O[C@H](O[C@H]2[C@H](O)[C@@H](O)[C@@H](O)O[C@@H]2CO)[C@H](O)[C@@H](O)[C@@H]1N[C@H]1C=C(CO)[C@@H](O[C@H]2O[C@H](CO)[C@@H](O[C@H]3O[C@H](CO)[C@@H](O)[C@H](O)[C@H]3O)[C@H](O)[C@H]2O)[C@H](O)[C@H]1O. The zero-order chi connectivity index (χ0) is 40.6. The van der Waals surface area contributed by atoms with Crippen LogP contribution in [0.5, 0.6) is 0 Å². The van der Waals surface area contributed by atoms with E-state index in [1.165, 1.54) is 13.0 Å². The van der Waals surface area contributed by atoms with Crippen LogP contribution in [0.1, 0.15) is 6.92 Å². The van der Waals surface area contributed by atoms with Gasteiger partial charge in [-0.25, -0.2) is 0 Å². The molecule has 24 heteroatoms. The minimum Gasteiger partial charge on any atom is -0.394 e. The molecule has 0 unspecified atom stereocenters. The van der Waals surface area contributed by atoms with Crippen molar-refractivity contribution < 1.29 is 115 Å². The van der Waals surface area contributed by atoms with Gasteiger partial charge in [0.25, 0.3) is 0 Å². The van der Waals surface area contributed by atoms with Crippen LogP contribution in [0.4, 0.5) is 0 Å². The number of aliphatic hydroxyl groups excluding tert-OH is 16. The summed E-state index contributed by atoms with van der Waals surface area (Å²) in [4.78, 5) is 0. The van der Waals surface area contributed by atoms with Gasteiger partial charge >= 0.3 is 0 Å². The summed E-state index contributed by atoms with van der Waals surface area (Å²) in [7, 11) is 0. The summed E-state index contributed by atoms with van der Waals surface area (Å²) in [6.07, 6.45) is -36.3. The van der Waals surface area contributed by atoms with Gasteiger partial charge in [0.2, 0.25) is 0 Å². The van der Waals surface area contributed by atoms with Crippen molar-refractivity contribution in [2.24, 2.45) is 0 Å². The van der Waals surface area contributed by atoms with Gasteiger partial charge in [0.05, 0.1) is 44.6 Å². The van der Waals surface area contributed by atoms with Crippen molar-refractivity contribution in [1.29, 1.82) is 0 Å². The van der Waals surface area contributed by atoms with Crippen molar-refractivity contribution in [2.45, 2.75) is 154 Å². The lowest BCUT2D eigenvalue weighted by atomic mass is 9.86. The smallest absolute Gasteiger partial charge is 0.187 e. The van der Waals surface area contributed by atoms with Gasteiger partial charge in [0, 0.05) is 0 Å². The number of aliphatic hydroxyl groups is 16.